The highest BCUT2D eigenvalue weighted by atomic mass is 35.5. The van der Waals surface area contributed by atoms with Gasteiger partial charge in [0.25, 0.3) is 0 Å². The van der Waals surface area contributed by atoms with E-state index in [0.29, 0.717) is 11.6 Å². The molecule has 4 nitrogen and oxygen atoms in total. The molecular formula is C14H20ClN3O. The zero-order valence-electron chi connectivity index (χ0n) is 11.2. The largest absolute Gasteiger partial charge is 0.395 e. The first-order chi connectivity index (χ1) is 9.22. The third kappa shape index (κ3) is 3.93. The van der Waals surface area contributed by atoms with E-state index in [1.807, 2.05) is 28.9 Å². The Morgan fingerprint density at radius 1 is 1.32 bits per heavy atom. The van der Waals surface area contributed by atoms with Crippen LogP contribution in [0.15, 0.2) is 24.5 Å². The first-order valence-corrected chi connectivity index (χ1v) is 7.07. The van der Waals surface area contributed by atoms with E-state index in [1.165, 1.54) is 0 Å². The molecule has 2 heterocycles. The predicted octanol–water partition coefficient (Wildman–Crippen LogP) is 2.58. The van der Waals surface area contributed by atoms with E-state index in [-0.39, 0.29) is 6.61 Å². The molecule has 2 aromatic heterocycles. The van der Waals surface area contributed by atoms with Crippen molar-refractivity contribution < 1.29 is 5.11 Å². The fourth-order valence-electron chi connectivity index (χ4n) is 2.12. The first kappa shape index (κ1) is 14.3. The van der Waals surface area contributed by atoms with Crippen LogP contribution in [-0.4, -0.2) is 39.1 Å². The summed E-state index contributed by atoms with van der Waals surface area (Å²) in [6, 6.07) is 3.75. The average Bonchev–Trinajstić information content (AvgIpc) is 2.77. The van der Waals surface area contributed by atoms with E-state index in [1.54, 1.807) is 0 Å². The molecule has 0 spiro atoms. The van der Waals surface area contributed by atoms with Crippen LogP contribution in [0.2, 0.25) is 5.02 Å². The van der Waals surface area contributed by atoms with Crippen LogP contribution in [0.25, 0.3) is 5.65 Å². The Labute approximate surface area is 118 Å². The van der Waals surface area contributed by atoms with Crippen molar-refractivity contribution in [3.8, 4) is 0 Å². The Bertz CT molecular complexity index is 526. The third-order valence-corrected chi connectivity index (χ3v) is 3.32. The lowest BCUT2D eigenvalue weighted by Crippen LogP contribution is -2.27. The number of pyridine rings is 1. The summed E-state index contributed by atoms with van der Waals surface area (Å²) in [6.45, 7) is 4.80. The monoisotopic (exact) mass is 281 g/mol. The van der Waals surface area contributed by atoms with Gasteiger partial charge < -0.3 is 9.51 Å². The summed E-state index contributed by atoms with van der Waals surface area (Å²) in [5.41, 5.74) is 1.91. The molecule has 0 aliphatic rings. The summed E-state index contributed by atoms with van der Waals surface area (Å²) in [6.07, 6.45) is 6.15. The molecule has 0 amide bonds. The molecule has 0 aliphatic heterocycles. The van der Waals surface area contributed by atoms with E-state index in [9.17, 15) is 0 Å². The molecule has 0 aromatic carbocycles. The smallest absolute Gasteiger partial charge is 0.137 e. The highest BCUT2D eigenvalue weighted by molar-refractivity contribution is 6.30. The molecule has 0 fully saturated rings. The Morgan fingerprint density at radius 2 is 2.16 bits per heavy atom. The van der Waals surface area contributed by atoms with Crippen molar-refractivity contribution in [1.82, 2.24) is 14.3 Å². The number of fused-ring (bicyclic) bond motifs is 1. The van der Waals surface area contributed by atoms with Crippen LogP contribution < -0.4 is 0 Å². The summed E-state index contributed by atoms with van der Waals surface area (Å²) in [5, 5.41) is 9.81. The van der Waals surface area contributed by atoms with Crippen LogP contribution in [-0.2, 0) is 6.54 Å². The maximum Gasteiger partial charge on any atom is 0.137 e. The molecule has 0 aliphatic carbocycles. The van der Waals surface area contributed by atoms with E-state index in [0.717, 1.165) is 37.3 Å². The van der Waals surface area contributed by atoms with Gasteiger partial charge in [0.15, 0.2) is 0 Å². The van der Waals surface area contributed by atoms with Gasteiger partial charge in [-0.05, 0) is 25.1 Å². The predicted molar refractivity (Wildman–Crippen MR) is 77.5 cm³/mol. The Kier molecular flexibility index (Phi) is 5.19. The summed E-state index contributed by atoms with van der Waals surface area (Å²) in [5.74, 6) is 0. The van der Waals surface area contributed by atoms with Crippen molar-refractivity contribution in [2.45, 2.75) is 26.3 Å². The van der Waals surface area contributed by atoms with Crippen LogP contribution in [0.1, 0.15) is 25.5 Å². The number of rotatable bonds is 7. The minimum absolute atomic E-state index is 0.183. The van der Waals surface area contributed by atoms with Gasteiger partial charge >= 0.3 is 0 Å². The lowest BCUT2D eigenvalue weighted by molar-refractivity contribution is 0.187. The molecule has 2 aromatic rings. The standard InChI is InChI=1S/C14H20ClN3O/c1-2-3-6-17(7-8-19)10-13-11-18-9-12(15)4-5-14(18)16-13/h4-5,9,11,19H,2-3,6-8,10H2,1H3. The quantitative estimate of drug-likeness (QED) is 0.848. The summed E-state index contributed by atoms with van der Waals surface area (Å²) < 4.78 is 1.94. The van der Waals surface area contributed by atoms with E-state index < -0.39 is 0 Å². The second-order valence-electron chi connectivity index (χ2n) is 4.70. The van der Waals surface area contributed by atoms with Crippen LogP contribution in [0.5, 0.6) is 0 Å². The van der Waals surface area contributed by atoms with E-state index in [4.69, 9.17) is 16.7 Å². The molecule has 0 atom stereocenters. The summed E-state index contributed by atoms with van der Waals surface area (Å²) >= 11 is 5.96. The number of aliphatic hydroxyl groups is 1. The Morgan fingerprint density at radius 3 is 2.89 bits per heavy atom. The zero-order valence-corrected chi connectivity index (χ0v) is 12.0. The Balaban J connectivity index is 2.09. The summed E-state index contributed by atoms with van der Waals surface area (Å²) in [7, 11) is 0. The molecule has 0 saturated carbocycles. The van der Waals surface area contributed by atoms with Gasteiger partial charge in [0.2, 0.25) is 0 Å². The number of nitrogens with zero attached hydrogens (tertiary/aromatic N) is 3. The lowest BCUT2D eigenvalue weighted by Gasteiger charge is -2.19. The van der Waals surface area contributed by atoms with Crippen molar-refractivity contribution in [1.29, 1.82) is 0 Å². The normalized spacial score (nSPS) is 11.6. The number of halogens is 1. The molecule has 0 unspecified atom stereocenters. The van der Waals surface area contributed by atoms with Crippen LogP contribution in [0, 0.1) is 0 Å². The topological polar surface area (TPSA) is 40.8 Å². The number of aliphatic hydroxyl groups excluding tert-OH is 1. The fraction of sp³-hybridized carbons (Fsp3) is 0.500. The number of imidazole rings is 1. The highest BCUT2D eigenvalue weighted by Gasteiger charge is 2.08. The van der Waals surface area contributed by atoms with Gasteiger partial charge in [0, 0.05) is 25.5 Å². The molecule has 19 heavy (non-hydrogen) atoms. The second-order valence-corrected chi connectivity index (χ2v) is 5.13. The number of unbranched alkanes of at least 4 members (excludes halogenated alkanes) is 1. The summed E-state index contributed by atoms with van der Waals surface area (Å²) in [4.78, 5) is 6.79. The maximum absolute atomic E-state index is 9.11. The first-order valence-electron chi connectivity index (χ1n) is 6.69. The van der Waals surface area contributed by atoms with Crippen LogP contribution >= 0.6 is 11.6 Å². The van der Waals surface area contributed by atoms with E-state index in [2.05, 4.69) is 16.8 Å². The van der Waals surface area contributed by atoms with Crippen molar-refractivity contribution in [3.05, 3.63) is 35.2 Å². The van der Waals surface area contributed by atoms with Gasteiger partial charge in [0.1, 0.15) is 5.65 Å². The zero-order chi connectivity index (χ0) is 13.7. The van der Waals surface area contributed by atoms with Crippen molar-refractivity contribution in [3.63, 3.8) is 0 Å². The van der Waals surface area contributed by atoms with Crippen molar-refractivity contribution >= 4 is 17.2 Å². The van der Waals surface area contributed by atoms with Crippen molar-refractivity contribution in [2.24, 2.45) is 0 Å². The highest BCUT2D eigenvalue weighted by Crippen LogP contribution is 2.13. The average molecular weight is 282 g/mol. The Hall–Kier alpha value is -1.10. The minimum Gasteiger partial charge on any atom is -0.395 e. The molecule has 104 valence electrons. The van der Waals surface area contributed by atoms with Gasteiger partial charge in [-0.15, -0.1) is 0 Å². The van der Waals surface area contributed by atoms with Crippen LogP contribution in [0.4, 0.5) is 0 Å². The number of hydrogen-bond donors (Lipinski definition) is 1. The molecule has 0 saturated heterocycles. The number of aromatic nitrogens is 2. The second kappa shape index (κ2) is 6.89. The third-order valence-electron chi connectivity index (χ3n) is 3.09. The van der Waals surface area contributed by atoms with E-state index >= 15 is 0 Å². The van der Waals surface area contributed by atoms with Crippen LogP contribution in [0.3, 0.4) is 0 Å². The molecule has 0 radical (unpaired) electrons. The lowest BCUT2D eigenvalue weighted by atomic mass is 10.3. The molecule has 1 N–H and O–H groups in total. The molecule has 2 rings (SSSR count). The van der Waals surface area contributed by atoms with Gasteiger partial charge in [-0.3, -0.25) is 4.90 Å². The van der Waals surface area contributed by atoms with Gasteiger partial charge in [0.05, 0.1) is 17.3 Å². The minimum atomic E-state index is 0.183. The fourth-order valence-corrected chi connectivity index (χ4v) is 2.28. The van der Waals surface area contributed by atoms with Gasteiger partial charge in [-0.1, -0.05) is 24.9 Å². The SMILES string of the molecule is CCCCN(CCO)Cc1cn2cc(Cl)ccc2n1. The van der Waals surface area contributed by atoms with Crippen molar-refractivity contribution in [2.75, 3.05) is 19.7 Å². The van der Waals surface area contributed by atoms with Gasteiger partial charge in [-0.2, -0.15) is 0 Å². The maximum atomic E-state index is 9.11. The number of hydrogen-bond acceptors (Lipinski definition) is 3. The molecule has 5 heteroatoms. The molecular weight excluding hydrogens is 262 g/mol. The van der Waals surface area contributed by atoms with Gasteiger partial charge in [-0.25, -0.2) is 4.98 Å². The molecule has 0 bridgehead atoms.